The second-order valence-electron chi connectivity index (χ2n) is 4.89. The van der Waals surface area contributed by atoms with Crippen LogP contribution < -0.4 is 5.32 Å². The Bertz CT molecular complexity index is 202. The summed E-state index contributed by atoms with van der Waals surface area (Å²) in [6, 6.07) is 0.478. The normalized spacial score (nSPS) is 21.1. The van der Waals surface area contributed by atoms with Crippen molar-refractivity contribution in [1.29, 1.82) is 0 Å². The highest BCUT2D eigenvalue weighted by Gasteiger charge is 2.23. The molecule has 1 aliphatic carbocycles. The third kappa shape index (κ3) is 4.96. The van der Waals surface area contributed by atoms with Crippen LogP contribution >= 0.6 is 0 Å². The summed E-state index contributed by atoms with van der Waals surface area (Å²) in [6.07, 6.45) is 8.48. The van der Waals surface area contributed by atoms with E-state index in [1.165, 1.54) is 38.5 Å². The summed E-state index contributed by atoms with van der Waals surface area (Å²) in [7, 11) is -0.593. The molecule has 2 nitrogen and oxygen atoms in total. The minimum atomic E-state index is -0.593. The molecule has 0 spiro atoms. The first kappa shape index (κ1) is 14.2. The van der Waals surface area contributed by atoms with Gasteiger partial charge in [-0.3, -0.25) is 4.21 Å². The summed E-state index contributed by atoms with van der Waals surface area (Å²) in [5.41, 5.74) is 0. The number of hydrogen-bond acceptors (Lipinski definition) is 2. The molecule has 0 aromatic carbocycles. The van der Waals surface area contributed by atoms with E-state index in [2.05, 4.69) is 19.2 Å². The Morgan fingerprint density at radius 1 is 1.25 bits per heavy atom. The van der Waals surface area contributed by atoms with Crippen LogP contribution in [0.3, 0.4) is 0 Å². The SMILES string of the molecule is CCCNC(CCC)CS(=O)C1CCCC1. The molecule has 96 valence electrons. The van der Waals surface area contributed by atoms with Gasteiger partial charge < -0.3 is 5.32 Å². The Kier molecular flexibility index (Phi) is 7.30. The molecule has 2 unspecified atom stereocenters. The molecular weight excluding hydrogens is 218 g/mol. The summed E-state index contributed by atoms with van der Waals surface area (Å²) in [6.45, 7) is 5.45. The van der Waals surface area contributed by atoms with E-state index in [-0.39, 0.29) is 0 Å². The standard InChI is InChI=1S/C13H27NOS/c1-3-7-12(14-10-4-2)11-16(15)13-8-5-6-9-13/h12-14H,3-11H2,1-2H3. The van der Waals surface area contributed by atoms with Gasteiger partial charge in [0.25, 0.3) is 0 Å². The molecule has 0 aromatic rings. The predicted molar refractivity (Wildman–Crippen MR) is 72.3 cm³/mol. The summed E-state index contributed by atoms with van der Waals surface area (Å²) < 4.78 is 12.2. The zero-order valence-electron chi connectivity index (χ0n) is 10.8. The van der Waals surface area contributed by atoms with Crippen LogP contribution in [0.2, 0.25) is 0 Å². The molecule has 0 heterocycles. The number of nitrogens with one attached hydrogen (secondary N) is 1. The fourth-order valence-electron chi connectivity index (χ4n) is 2.43. The van der Waals surface area contributed by atoms with Gasteiger partial charge in [0, 0.05) is 27.8 Å². The molecule has 1 aliphatic rings. The lowest BCUT2D eigenvalue weighted by Gasteiger charge is -2.19. The maximum Gasteiger partial charge on any atom is 0.0391 e. The van der Waals surface area contributed by atoms with Crippen LogP contribution in [0.15, 0.2) is 0 Å². The minimum Gasteiger partial charge on any atom is -0.313 e. The summed E-state index contributed by atoms with van der Waals surface area (Å²) in [5, 5.41) is 4.03. The second kappa shape index (κ2) is 8.24. The maximum absolute atomic E-state index is 12.2. The zero-order valence-corrected chi connectivity index (χ0v) is 11.7. The van der Waals surface area contributed by atoms with Crippen molar-refractivity contribution in [3.8, 4) is 0 Å². The first-order valence-electron chi connectivity index (χ1n) is 6.88. The summed E-state index contributed by atoms with van der Waals surface area (Å²) in [4.78, 5) is 0. The molecule has 0 aromatic heterocycles. The van der Waals surface area contributed by atoms with Crippen molar-refractivity contribution < 1.29 is 4.21 Å². The van der Waals surface area contributed by atoms with Crippen LogP contribution in [0.1, 0.15) is 58.8 Å². The molecule has 0 amide bonds. The first-order chi connectivity index (χ1) is 7.77. The van der Waals surface area contributed by atoms with Crippen molar-refractivity contribution in [3.63, 3.8) is 0 Å². The number of rotatable bonds is 8. The van der Waals surface area contributed by atoms with Crippen LogP contribution in [0.25, 0.3) is 0 Å². The molecule has 1 rings (SSSR count). The monoisotopic (exact) mass is 245 g/mol. The Morgan fingerprint density at radius 2 is 1.94 bits per heavy atom. The third-order valence-corrected chi connectivity index (χ3v) is 5.31. The van der Waals surface area contributed by atoms with Gasteiger partial charge in [-0.1, -0.05) is 33.1 Å². The topological polar surface area (TPSA) is 29.1 Å². The summed E-state index contributed by atoms with van der Waals surface area (Å²) >= 11 is 0. The molecule has 0 saturated heterocycles. The van der Waals surface area contributed by atoms with Gasteiger partial charge in [-0.25, -0.2) is 0 Å². The fourth-order valence-corrected chi connectivity index (χ4v) is 4.24. The van der Waals surface area contributed by atoms with Crippen LogP contribution in [-0.2, 0) is 10.8 Å². The van der Waals surface area contributed by atoms with Crippen LogP contribution in [-0.4, -0.2) is 27.8 Å². The minimum absolute atomic E-state index is 0.478. The molecule has 16 heavy (non-hydrogen) atoms. The lowest BCUT2D eigenvalue weighted by molar-refractivity contribution is 0.508. The average molecular weight is 245 g/mol. The van der Waals surface area contributed by atoms with Gasteiger partial charge in [-0.2, -0.15) is 0 Å². The van der Waals surface area contributed by atoms with Crippen molar-refractivity contribution in [1.82, 2.24) is 5.32 Å². The smallest absolute Gasteiger partial charge is 0.0391 e. The lowest BCUT2D eigenvalue weighted by Crippen LogP contribution is -2.36. The fraction of sp³-hybridized carbons (Fsp3) is 1.00. The highest BCUT2D eigenvalue weighted by atomic mass is 32.2. The van der Waals surface area contributed by atoms with Gasteiger partial charge in [-0.15, -0.1) is 0 Å². The quantitative estimate of drug-likeness (QED) is 0.712. The van der Waals surface area contributed by atoms with Crippen LogP contribution in [0.5, 0.6) is 0 Å². The third-order valence-electron chi connectivity index (χ3n) is 3.36. The molecule has 1 N–H and O–H groups in total. The van der Waals surface area contributed by atoms with Gasteiger partial charge in [-0.05, 0) is 32.2 Å². The van der Waals surface area contributed by atoms with E-state index < -0.39 is 10.8 Å². The zero-order chi connectivity index (χ0) is 11.8. The van der Waals surface area contributed by atoms with E-state index in [0.717, 1.165) is 18.7 Å². The first-order valence-corrected chi connectivity index (χ1v) is 8.26. The Labute approximate surface area is 103 Å². The van der Waals surface area contributed by atoms with Gasteiger partial charge in [0.2, 0.25) is 0 Å². The second-order valence-corrected chi connectivity index (χ2v) is 6.66. The largest absolute Gasteiger partial charge is 0.313 e. The van der Waals surface area contributed by atoms with E-state index in [1.54, 1.807) is 0 Å². The van der Waals surface area contributed by atoms with E-state index in [1.807, 2.05) is 0 Å². The van der Waals surface area contributed by atoms with Crippen molar-refractivity contribution in [3.05, 3.63) is 0 Å². The van der Waals surface area contributed by atoms with Gasteiger partial charge in [0.05, 0.1) is 0 Å². The van der Waals surface area contributed by atoms with Gasteiger partial charge in [0.1, 0.15) is 0 Å². The Morgan fingerprint density at radius 3 is 2.50 bits per heavy atom. The lowest BCUT2D eigenvalue weighted by atomic mass is 10.2. The van der Waals surface area contributed by atoms with Crippen LogP contribution in [0.4, 0.5) is 0 Å². The molecule has 3 heteroatoms. The molecule has 0 aliphatic heterocycles. The molecule has 0 bridgehead atoms. The number of hydrogen-bond donors (Lipinski definition) is 1. The van der Waals surface area contributed by atoms with E-state index in [4.69, 9.17) is 0 Å². The van der Waals surface area contributed by atoms with E-state index in [9.17, 15) is 4.21 Å². The van der Waals surface area contributed by atoms with E-state index >= 15 is 0 Å². The molecule has 1 fully saturated rings. The Hall–Kier alpha value is 0.110. The molecule has 2 atom stereocenters. The van der Waals surface area contributed by atoms with E-state index in [0.29, 0.717) is 11.3 Å². The summed E-state index contributed by atoms with van der Waals surface area (Å²) in [5.74, 6) is 0.874. The highest BCUT2D eigenvalue weighted by Crippen LogP contribution is 2.23. The van der Waals surface area contributed by atoms with Crippen molar-refractivity contribution in [2.24, 2.45) is 0 Å². The molecular formula is C13H27NOS. The predicted octanol–water partition coefficient (Wildman–Crippen LogP) is 2.85. The van der Waals surface area contributed by atoms with Crippen molar-refractivity contribution >= 4 is 10.8 Å². The van der Waals surface area contributed by atoms with Crippen molar-refractivity contribution in [2.75, 3.05) is 12.3 Å². The van der Waals surface area contributed by atoms with Gasteiger partial charge >= 0.3 is 0 Å². The molecule has 1 saturated carbocycles. The van der Waals surface area contributed by atoms with Gasteiger partial charge in [0.15, 0.2) is 0 Å². The maximum atomic E-state index is 12.2. The highest BCUT2D eigenvalue weighted by molar-refractivity contribution is 7.85. The Balaban J connectivity index is 2.30. The van der Waals surface area contributed by atoms with Crippen molar-refractivity contribution in [2.45, 2.75) is 70.1 Å². The molecule has 0 radical (unpaired) electrons. The average Bonchev–Trinajstić information content (AvgIpc) is 2.79. The van der Waals surface area contributed by atoms with Crippen LogP contribution in [0, 0.1) is 0 Å².